The summed E-state index contributed by atoms with van der Waals surface area (Å²) in [6, 6.07) is 6.91. The van der Waals surface area contributed by atoms with Gasteiger partial charge >= 0.3 is 0 Å². The van der Waals surface area contributed by atoms with E-state index in [4.69, 9.17) is 0 Å². The van der Waals surface area contributed by atoms with Gasteiger partial charge < -0.3 is 5.32 Å². The molecule has 10 heteroatoms. The minimum Gasteiger partial charge on any atom is -0.302 e. The Hall–Kier alpha value is -2.72. The fraction of sp³-hybridized carbons (Fsp3) is 0.381. The molecule has 0 saturated carbocycles. The Morgan fingerprint density at radius 3 is 2.48 bits per heavy atom. The SMILES string of the molecule is Cc1nn(CC(C)C)c(C)c1CC(=O)Nc1nc(-c2ccc(NS(C)(=O)=O)cc2)cs1. The number of carbonyl (C=O) groups excluding carboxylic acids is 1. The first-order valence-electron chi connectivity index (χ1n) is 9.88. The van der Waals surface area contributed by atoms with Crippen LogP contribution in [0.15, 0.2) is 29.6 Å². The summed E-state index contributed by atoms with van der Waals surface area (Å²) in [6.07, 6.45) is 1.35. The predicted octanol–water partition coefficient (Wildman–Crippen LogP) is 3.83. The first kappa shape index (κ1) is 23.0. The summed E-state index contributed by atoms with van der Waals surface area (Å²) in [4.78, 5) is 17.1. The van der Waals surface area contributed by atoms with Crippen molar-refractivity contribution in [2.45, 2.75) is 40.7 Å². The van der Waals surface area contributed by atoms with E-state index in [0.717, 1.165) is 35.3 Å². The first-order valence-corrected chi connectivity index (χ1v) is 12.7. The third kappa shape index (κ3) is 6.14. The number of hydrogen-bond acceptors (Lipinski definition) is 6. The lowest BCUT2D eigenvalue weighted by atomic mass is 10.1. The van der Waals surface area contributed by atoms with E-state index in [-0.39, 0.29) is 12.3 Å². The third-order valence-corrected chi connectivity index (χ3v) is 6.01. The summed E-state index contributed by atoms with van der Waals surface area (Å²) in [7, 11) is -3.32. The van der Waals surface area contributed by atoms with Gasteiger partial charge in [0.15, 0.2) is 5.13 Å². The molecule has 2 N–H and O–H groups in total. The maximum Gasteiger partial charge on any atom is 0.230 e. The number of carbonyl (C=O) groups is 1. The normalized spacial score (nSPS) is 11.7. The molecular formula is C21H27N5O3S2. The quantitative estimate of drug-likeness (QED) is 0.530. The molecule has 0 spiro atoms. The molecule has 1 amide bonds. The zero-order valence-electron chi connectivity index (χ0n) is 18.3. The molecule has 0 fully saturated rings. The number of benzene rings is 1. The topological polar surface area (TPSA) is 106 Å². The standard InChI is InChI=1S/C21H27N5O3S2/c1-13(2)11-26-15(4)18(14(3)24-26)10-20(27)23-21-22-19(12-30-21)16-6-8-17(9-7-16)25-31(5,28)29/h6-9,12-13,25H,10-11H2,1-5H3,(H,22,23,27). The van der Waals surface area contributed by atoms with Gasteiger partial charge in [-0.3, -0.25) is 14.2 Å². The Morgan fingerprint density at radius 1 is 1.19 bits per heavy atom. The fourth-order valence-corrected chi connectivity index (χ4v) is 4.52. The number of hydrogen-bond donors (Lipinski definition) is 2. The average molecular weight is 462 g/mol. The number of amides is 1. The van der Waals surface area contributed by atoms with Crippen LogP contribution in [0.5, 0.6) is 0 Å². The van der Waals surface area contributed by atoms with E-state index in [1.807, 2.05) is 23.9 Å². The highest BCUT2D eigenvalue weighted by Crippen LogP contribution is 2.26. The molecule has 1 aromatic carbocycles. The van der Waals surface area contributed by atoms with E-state index in [1.165, 1.54) is 11.3 Å². The van der Waals surface area contributed by atoms with Gasteiger partial charge in [-0.2, -0.15) is 5.10 Å². The minimum absolute atomic E-state index is 0.135. The summed E-state index contributed by atoms with van der Waals surface area (Å²) in [5.74, 6) is 0.341. The van der Waals surface area contributed by atoms with E-state index in [1.54, 1.807) is 24.3 Å². The summed E-state index contributed by atoms with van der Waals surface area (Å²) in [5, 5.41) is 9.80. The molecule has 8 nitrogen and oxygen atoms in total. The van der Waals surface area contributed by atoms with Gasteiger partial charge in [-0.1, -0.05) is 26.0 Å². The second kappa shape index (κ2) is 9.19. The molecule has 0 aliphatic heterocycles. The van der Waals surface area contributed by atoms with Crippen LogP contribution in [0, 0.1) is 19.8 Å². The molecule has 0 bridgehead atoms. The Labute approximate surface area is 186 Å². The Morgan fingerprint density at radius 2 is 1.87 bits per heavy atom. The average Bonchev–Trinajstić information content (AvgIpc) is 3.21. The summed E-state index contributed by atoms with van der Waals surface area (Å²) in [5.41, 5.74) is 4.86. The highest BCUT2D eigenvalue weighted by molar-refractivity contribution is 7.92. The number of aromatic nitrogens is 3. The van der Waals surface area contributed by atoms with Crippen LogP contribution in [-0.2, 0) is 27.8 Å². The molecule has 2 heterocycles. The van der Waals surface area contributed by atoms with Crippen molar-refractivity contribution in [2.75, 3.05) is 16.3 Å². The van der Waals surface area contributed by atoms with Crippen LogP contribution in [0.4, 0.5) is 10.8 Å². The summed E-state index contributed by atoms with van der Waals surface area (Å²) < 4.78 is 27.0. The van der Waals surface area contributed by atoms with Gasteiger partial charge in [0.25, 0.3) is 0 Å². The van der Waals surface area contributed by atoms with E-state index in [2.05, 4.69) is 34.0 Å². The van der Waals surface area contributed by atoms with Gasteiger partial charge in [0.1, 0.15) is 0 Å². The largest absolute Gasteiger partial charge is 0.302 e. The third-order valence-electron chi connectivity index (χ3n) is 4.64. The summed E-state index contributed by atoms with van der Waals surface area (Å²) in [6.45, 7) is 9.02. The van der Waals surface area contributed by atoms with Crippen LogP contribution in [0.25, 0.3) is 11.3 Å². The Kier molecular flexibility index (Phi) is 6.80. The molecule has 0 aliphatic rings. The maximum absolute atomic E-state index is 12.6. The van der Waals surface area contributed by atoms with Gasteiger partial charge in [-0.05, 0) is 31.9 Å². The zero-order chi connectivity index (χ0) is 22.8. The van der Waals surface area contributed by atoms with Crippen molar-refractivity contribution < 1.29 is 13.2 Å². The van der Waals surface area contributed by atoms with Crippen LogP contribution in [-0.4, -0.2) is 35.3 Å². The lowest BCUT2D eigenvalue weighted by Crippen LogP contribution is -2.15. The summed E-state index contributed by atoms with van der Waals surface area (Å²) >= 11 is 1.34. The molecule has 0 atom stereocenters. The lowest BCUT2D eigenvalue weighted by Gasteiger charge is -2.08. The monoisotopic (exact) mass is 461 g/mol. The smallest absolute Gasteiger partial charge is 0.230 e. The minimum atomic E-state index is -3.32. The van der Waals surface area contributed by atoms with Gasteiger partial charge in [0, 0.05) is 34.4 Å². The predicted molar refractivity (Wildman–Crippen MR) is 125 cm³/mol. The number of thiazole rings is 1. The van der Waals surface area contributed by atoms with E-state index in [0.29, 0.717) is 22.4 Å². The molecule has 166 valence electrons. The van der Waals surface area contributed by atoms with Crippen LogP contribution in [0.1, 0.15) is 30.8 Å². The van der Waals surface area contributed by atoms with Crippen molar-refractivity contribution in [1.29, 1.82) is 0 Å². The zero-order valence-corrected chi connectivity index (χ0v) is 19.9. The van der Waals surface area contributed by atoms with Crippen molar-refractivity contribution in [1.82, 2.24) is 14.8 Å². The number of sulfonamides is 1. The van der Waals surface area contributed by atoms with Crippen LogP contribution >= 0.6 is 11.3 Å². The van der Waals surface area contributed by atoms with E-state index in [9.17, 15) is 13.2 Å². The Balaban J connectivity index is 1.66. The molecule has 0 saturated heterocycles. The van der Waals surface area contributed by atoms with Crippen LogP contribution in [0.3, 0.4) is 0 Å². The van der Waals surface area contributed by atoms with E-state index < -0.39 is 10.0 Å². The second-order valence-electron chi connectivity index (χ2n) is 7.94. The number of nitrogens with zero attached hydrogens (tertiary/aromatic N) is 3. The molecule has 0 aliphatic carbocycles. The number of anilines is 2. The Bertz CT molecular complexity index is 1180. The first-order chi connectivity index (χ1) is 14.5. The number of nitrogens with one attached hydrogen (secondary N) is 2. The lowest BCUT2D eigenvalue weighted by molar-refractivity contribution is -0.115. The molecule has 3 rings (SSSR count). The van der Waals surface area contributed by atoms with Crippen LogP contribution in [0.2, 0.25) is 0 Å². The molecule has 0 radical (unpaired) electrons. The van der Waals surface area contributed by atoms with Gasteiger partial charge in [-0.25, -0.2) is 13.4 Å². The van der Waals surface area contributed by atoms with Gasteiger partial charge in [0.05, 0.1) is 24.1 Å². The van der Waals surface area contributed by atoms with E-state index >= 15 is 0 Å². The second-order valence-corrected chi connectivity index (χ2v) is 10.5. The highest BCUT2D eigenvalue weighted by Gasteiger charge is 2.17. The molecule has 3 aromatic rings. The highest BCUT2D eigenvalue weighted by atomic mass is 32.2. The molecule has 2 aromatic heterocycles. The van der Waals surface area contributed by atoms with Crippen molar-refractivity contribution >= 4 is 38.1 Å². The van der Waals surface area contributed by atoms with Crippen LogP contribution < -0.4 is 10.0 Å². The van der Waals surface area contributed by atoms with Crippen molar-refractivity contribution in [3.63, 3.8) is 0 Å². The molecule has 31 heavy (non-hydrogen) atoms. The van der Waals surface area contributed by atoms with Gasteiger partial charge in [-0.15, -0.1) is 11.3 Å². The van der Waals surface area contributed by atoms with Crippen molar-refractivity contribution in [3.8, 4) is 11.3 Å². The number of rotatable bonds is 8. The molecule has 0 unspecified atom stereocenters. The molecular weight excluding hydrogens is 434 g/mol. The fourth-order valence-electron chi connectivity index (χ4n) is 3.22. The maximum atomic E-state index is 12.6. The van der Waals surface area contributed by atoms with Gasteiger partial charge in [0.2, 0.25) is 15.9 Å². The van der Waals surface area contributed by atoms with Crippen molar-refractivity contribution in [3.05, 3.63) is 46.6 Å². The van der Waals surface area contributed by atoms with Crippen molar-refractivity contribution in [2.24, 2.45) is 5.92 Å². The number of aryl methyl sites for hydroxylation is 1.